The second kappa shape index (κ2) is 4.61. The van der Waals surface area contributed by atoms with Crippen molar-refractivity contribution in [1.29, 1.82) is 0 Å². The zero-order valence-electron chi connectivity index (χ0n) is 7.12. The van der Waals surface area contributed by atoms with Crippen LogP contribution in [0.4, 0.5) is 5.13 Å². The summed E-state index contributed by atoms with van der Waals surface area (Å²) in [6.45, 7) is 3.98. The molecule has 0 unspecified atom stereocenters. The van der Waals surface area contributed by atoms with Crippen LogP contribution in [0.15, 0.2) is 18.0 Å². The lowest BCUT2D eigenvalue weighted by atomic mass is 10.3. The molecule has 0 aliphatic heterocycles. The van der Waals surface area contributed by atoms with Crippen molar-refractivity contribution in [3.8, 4) is 0 Å². The molecule has 0 aliphatic rings. The number of anilines is 1. The van der Waals surface area contributed by atoms with E-state index >= 15 is 0 Å². The maximum Gasteiger partial charge on any atom is 0.226 e. The van der Waals surface area contributed by atoms with Gasteiger partial charge in [0.25, 0.3) is 0 Å². The van der Waals surface area contributed by atoms with Crippen LogP contribution >= 0.6 is 11.3 Å². The fourth-order valence-electron chi connectivity index (χ4n) is 0.817. The monoisotopic (exact) mass is 197 g/mol. The largest absolute Gasteiger partial charge is 0.375 e. The molecule has 0 saturated heterocycles. The first-order valence-corrected chi connectivity index (χ1v) is 4.68. The molecule has 0 spiro atoms. The van der Waals surface area contributed by atoms with Crippen LogP contribution in [-0.2, 0) is 11.2 Å². The molecule has 3 N–H and O–H groups in total. The van der Waals surface area contributed by atoms with Gasteiger partial charge in [-0.2, -0.15) is 0 Å². The molecule has 13 heavy (non-hydrogen) atoms. The number of nitrogens with zero attached hydrogens (tertiary/aromatic N) is 1. The van der Waals surface area contributed by atoms with Gasteiger partial charge in [-0.1, -0.05) is 6.08 Å². The smallest absolute Gasteiger partial charge is 0.226 e. The molecule has 1 aromatic rings. The van der Waals surface area contributed by atoms with Crippen LogP contribution in [0.1, 0.15) is 5.69 Å². The van der Waals surface area contributed by atoms with Crippen molar-refractivity contribution in [3.63, 3.8) is 0 Å². The lowest BCUT2D eigenvalue weighted by Crippen LogP contribution is -2.25. The lowest BCUT2D eigenvalue weighted by molar-refractivity contribution is -0.120. The van der Waals surface area contributed by atoms with E-state index in [-0.39, 0.29) is 12.3 Å². The number of amides is 1. The average Bonchev–Trinajstić information content (AvgIpc) is 2.48. The summed E-state index contributed by atoms with van der Waals surface area (Å²) in [4.78, 5) is 15.1. The number of rotatable bonds is 4. The van der Waals surface area contributed by atoms with Gasteiger partial charge in [-0.25, -0.2) is 4.98 Å². The quantitative estimate of drug-likeness (QED) is 0.693. The first-order valence-electron chi connectivity index (χ1n) is 3.80. The first-order chi connectivity index (χ1) is 6.22. The molecule has 0 aliphatic carbocycles. The summed E-state index contributed by atoms with van der Waals surface area (Å²) in [5.41, 5.74) is 6.13. The Kier molecular flexibility index (Phi) is 3.45. The highest BCUT2D eigenvalue weighted by Gasteiger charge is 2.04. The van der Waals surface area contributed by atoms with Crippen molar-refractivity contribution in [1.82, 2.24) is 10.3 Å². The van der Waals surface area contributed by atoms with Gasteiger partial charge in [-0.15, -0.1) is 17.9 Å². The van der Waals surface area contributed by atoms with Gasteiger partial charge in [0.1, 0.15) is 0 Å². The number of carbonyl (C=O) groups excluding carboxylic acids is 1. The van der Waals surface area contributed by atoms with Crippen LogP contribution in [0.25, 0.3) is 0 Å². The van der Waals surface area contributed by atoms with E-state index < -0.39 is 0 Å². The van der Waals surface area contributed by atoms with E-state index in [1.807, 2.05) is 0 Å². The van der Waals surface area contributed by atoms with Crippen molar-refractivity contribution < 1.29 is 4.79 Å². The first kappa shape index (κ1) is 9.73. The lowest BCUT2D eigenvalue weighted by Gasteiger charge is -1.98. The standard InChI is InChI=1S/C8H11N3OS/c1-2-3-10-7(12)4-6-5-13-8(9)11-6/h2,5H,1,3-4H2,(H2,9,11)(H,10,12). The molecule has 70 valence electrons. The molecule has 0 radical (unpaired) electrons. The second-order valence-electron chi connectivity index (χ2n) is 2.45. The Morgan fingerprint density at radius 1 is 1.85 bits per heavy atom. The number of nitrogens with one attached hydrogen (secondary N) is 1. The van der Waals surface area contributed by atoms with Crippen molar-refractivity contribution in [3.05, 3.63) is 23.7 Å². The van der Waals surface area contributed by atoms with Gasteiger partial charge in [0.05, 0.1) is 12.1 Å². The Bertz CT molecular complexity index is 308. The van der Waals surface area contributed by atoms with Gasteiger partial charge in [-0.3, -0.25) is 4.79 Å². The number of aromatic nitrogens is 1. The molecule has 1 amide bonds. The highest BCUT2D eigenvalue weighted by atomic mass is 32.1. The Labute approximate surface area is 80.5 Å². The minimum absolute atomic E-state index is 0.0646. The maximum atomic E-state index is 11.1. The predicted octanol–water partition coefficient (Wildman–Crippen LogP) is 0.570. The van der Waals surface area contributed by atoms with E-state index in [9.17, 15) is 4.79 Å². The van der Waals surface area contributed by atoms with Crippen molar-refractivity contribution >= 4 is 22.4 Å². The molecule has 4 nitrogen and oxygen atoms in total. The zero-order chi connectivity index (χ0) is 9.68. The van der Waals surface area contributed by atoms with E-state index in [1.165, 1.54) is 11.3 Å². The predicted molar refractivity (Wildman–Crippen MR) is 53.4 cm³/mol. The minimum Gasteiger partial charge on any atom is -0.375 e. The SMILES string of the molecule is C=CCNC(=O)Cc1csc(N)n1. The van der Waals surface area contributed by atoms with Crippen molar-refractivity contribution in [2.75, 3.05) is 12.3 Å². The third-order valence-electron chi connectivity index (χ3n) is 1.35. The van der Waals surface area contributed by atoms with Gasteiger partial charge in [0, 0.05) is 11.9 Å². The van der Waals surface area contributed by atoms with Crippen LogP contribution in [0.2, 0.25) is 0 Å². The number of carbonyl (C=O) groups is 1. The number of hydrogen-bond acceptors (Lipinski definition) is 4. The average molecular weight is 197 g/mol. The Balaban J connectivity index is 2.40. The van der Waals surface area contributed by atoms with E-state index in [0.29, 0.717) is 17.4 Å². The van der Waals surface area contributed by atoms with E-state index in [2.05, 4.69) is 16.9 Å². The molecular weight excluding hydrogens is 186 g/mol. The summed E-state index contributed by atoms with van der Waals surface area (Å²) >= 11 is 1.34. The molecule has 0 atom stereocenters. The third kappa shape index (κ3) is 3.25. The van der Waals surface area contributed by atoms with Crippen LogP contribution in [0, 0.1) is 0 Å². The minimum atomic E-state index is -0.0646. The van der Waals surface area contributed by atoms with Gasteiger partial charge >= 0.3 is 0 Å². The Morgan fingerprint density at radius 3 is 3.15 bits per heavy atom. The normalized spacial score (nSPS) is 9.54. The molecule has 0 bridgehead atoms. The molecule has 0 aromatic carbocycles. The summed E-state index contributed by atoms with van der Waals surface area (Å²) < 4.78 is 0. The van der Waals surface area contributed by atoms with E-state index in [4.69, 9.17) is 5.73 Å². The van der Waals surface area contributed by atoms with Gasteiger partial charge in [0.2, 0.25) is 5.91 Å². The number of thiazole rings is 1. The topological polar surface area (TPSA) is 68.0 Å². The van der Waals surface area contributed by atoms with E-state index in [1.54, 1.807) is 11.5 Å². The van der Waals surface area contributed by atoms with E-state index in [0.717, 1.165) is 0 Å². The molecule has 0 fully saturated rings. The fraction of sp³-hybridized carbons (Fsp3) is 0.250. The number of hydrogen-bond donors (Lipinski definition) is 2. The molecule has 1 rings (SSSR count). The molecule has 5 heteroatoms. The maximum absolute atomic E-state index is 11.1. The Morgan fingerprint density at radius 2 is 2.62 bits per heavy atom. The molecule has 1 heterocycles. The van der Waals surface area contributed by atoms with Gasteiger partial charge in [0.15, 0.2) is 5.13 Å². The summed E-state index contributed by atoms with van der Waals surface area (Å²) in [5.74, 6) is -0.0646. The van der Waals surface area contributed by atoms with Crippen molar-refractivity contribution in [2.45, 2.75) is 6.42 Å². The summed E-state index contributed by atoms with van der Waals surface area (Å²) in [6.07, 6.45) is 1.91. The number of nitrogens with two attached hydrogens (primary N) is 1. The fourth-order valence-corrected chi connectivity index (χ4v) is 1.38. The highest BCUT2D eigenvalue weighted by Crippen LogP contribution is 2.10. The van der Waals surface area contributed by atoms with Crippen LogP contribution in [-0.4, -0.2) is 17.4 Å². The third-order valence-corrected chi connectivity index (χ3v) is 2.08. The highest BCUT2D eigenvalue weighted by molar-refractivity contribution is 7.13. The van der Waals surface area contributed by atoms with Crippen molar-refractivity contribution in [2.24, 2.45) is 0 Å². The second-order valence-corrected chi connectivity index (χ2v) is 3.34. The summed E-state index contributed by atoms with van der Waals surface area (Å²) in [5, 5.41) is 4.93. The van der Waals surface area contributed by atoms with Gasteiger partial charge < -0.3 is 11.1 Å². The number of nitrogen functional groups attached to an aromatic ring is 1. The molecular formula is C8H11N3OS. The molecule has 1 aromatic heterocycles. The summed E-state index contributed by atoms with van der Waals surface area (Å²) in [7, 11) is 0. The Hall–Kier alpha value is -1.36. The zero-order valence-corrected chi connectivity index (χ0v) is 7.93. The van der Waals surface area contributed by atoms with Gasteiger partial charge in [-0.05, 0) is 0 Å². The molecule has 0 saturated carbocycles. The summed E-state index contributed by atoms with van der Waals surface area (Å²) in [6, 6.07) is 0. The van der Waals surface area contributed by atoms with Crippen LogP contribution in [0.3, 0.4) is 0 Å². The van der Waals surface area contributed by atoms with Crippen LogP contribution < -0.4 is 11.1 Å². The van der Waals surface area contributed by atoms with Crippen LogP contribution in [0.5, 0.6) is 0 Å².